The number of nitrogens with zero attached hydrogens (tertiary/aromatic N) is 2. The number of hydrogen-bond donors (Lipinski definition) is 0. The molecule has 0 spiro atoms. The Labute approximate surface area is 129 Å². The van der Waals surface area contributed by atoms with E-state index in [0.29, 0.717) is 38.3 Å². The predicted molar refractivity (Wildman–Crippen MR) is 80.3 cm³/mol. The first-order chi connectivity index (χ1) is 10.6. The number of benzene rings is 1. The van der Waals surface area contributed by atoms with E-state index in [9.17, 15) is 14.0 Å². The third-order valence-electron chi connectivity index (χ3n) is 3.83. The molecular formula is C16H21FN2O3. The van der Waals surface area contributed by atoms with Gasteiger partial charge >= 0.3 is 0 Å². The van der Waals surface area contributed by atoms with Gasteiger partial charge in [-0.15, -0.1) is 0 Å². The summed E-state index contributed by atoms with van der Waals surface area (Å²) in [5.74, 6) is -0.279. The molecule has 0 saturated carbocycles. The Bertz CT molecular complexity index is 562. The molecule has 0 atom stereocenters. The minimum atomic E-state index is -0.471. The summed E-state index contributed by atoms with van der Waals surface area (Å²) in [5, 5.41) is 0. The van der Waals surface area contributed by atoms with Gasteiger partial charge in [0.15, 0.2) is 0 Å². The van der Waals surface area contributed by atoms with E-state index >= 15 is 0 Å². The lowest BCUT2D eigenvalue weighted by Gasteiger charge is -2.22. The summed E-state index contributed by atoms with van der Waals surface area (Å²) >= 11 is 0. The van der Waals surface area contributed by atoms with Crippen molar-refractivity contribution in [3.8, 4) is 5.75 Å². The average Bonchev–Trinajstić information content (AvgIpc) is 2.79. The van der Waals surface area contributed by atoms with Crippen LogP contribution in [0.3, 0.4) is 0 Å². The van der Waals surface area contributed by atoms with Crippen LogP contribution in [-0.4, -0.2) is 54.9 Å². The maximum absolute atomic E-state index is 13.4. The van der Waals surface area contributed by atoms with Gasteiger partial charge in [-0.1, -0.05) is 6.92 Å². The van der Waals surface area contributed by atoms with Gasteiger partial charge in [-0.2, -0.15) is 0 Å². The molecule has 0 unspecified atom stereocenters. The van der Waals surface area contributed by atoms with Gasteiger partial charge in [0.2, 0.25) is 5.91 Å². The van der Waals surface area contributed by atoms with Crippen molar-refractivity contribution in [2.45, 2.75) is 19.8 Å². The Kier molecular flexibility index (Phi) is 5.35. The molecule has 2 amide bonds. The number of amides is 2. The molecule has 22 heavy (non-hydrogen) atoms. The topological polar surface area (TPSA) is 49.9 Å². The Morgan fingerprint density at radius 3 is 2.55 bits per heavy atom. The van der Waals surface area contributed by atoms with Crippen molar-refractivity contribution in [1.29, 1.82) is 0 Å². The van der Waals surface area contributed by atoms with Crippen LogP contribution >= 0.6 is 0 Å². The highest BCUT2D eigenvalue weighted by Gasteiger charge is 2.24. The molecule has 1 aliphatic heterocycles. The molecule has 1 aliphatic rings. The summed E-state index contributed by atoms with van der Waals surface area (Å²) in [6.45, 7) is 3.98. The second kappa shape index (κ2) is 7.24. The van der Waals surface area contributed by atoms with Gasteiger partial charge in [0.05, 0.1) is 12.7 Å². The van der Waals surface area contributed by atoms with E-state index in [1.54, 1.807) is 9.80 Å². The highest BCUT2D eigenvalue weighted by atomic mass is 19.1. The van der Waals surface area contributed by atoms with Crippen molar-refractivity contribution in [3.63, 3.8) is 0 Å². The number of ether oxygens (including phenoxy) is 1. The standard InChI is InChI=1S/C16H21FN2O3/c1-3-15(20)18-7-4-8-19(10-9-18)16(21)13-11-12(17)5-6-14(13)22-2/h5-6,11H,3-4,7-10H2,1-2H3. The van der Waals surface area contributed by atoms with Crippen LogP contribution in [0.5, 0.6) is 5.75 Å². The quantitative estimate of drug-likeness (QED) is 0.857. The van der Waals surface area contributed by atoms with Gasteiger partial charge in [-0.05, 0) is 24.6 Å². The van der Waals surface area contributed by atoms with E-state index in [2.05, 4.69) is 0 Å². The maximum Gasteiger partial charge on any atom is 0.257 e. The van der Waals surface area contributed by atoms with Crippen LogP contribution in [-0.2, 0) is 4.79 Å². The third-order valence-corrected chi connectivity index (χ3v) is 3.83. The second-order valence-electron chi connectivity index (χ2n) is 5.22. The van der Waals surface area contributed by atoms with Gasteiger partial charge in [-0.3, -0.25) is 9.59 Å². The number of rotatable bonds is 3. The van der Waals surface area contributed by atoms with Crippen molar-refractivity contribution in [1.82, 2.24) is 9.80 Å². The minimum Gasteiger partial charge on any atom is -0.496 e. The van der Waals surface area contributed by atoms with Crippen LogP contribution in [0.2, 0.25) is 0 Å². The molecule has 1 fully saturated rings. The Hall–Kier alpha value is -2.11. The van der Waals surface area contributed by atoms with Crippen LogP contribution in [0.1, 0.15) is 30.1 Å². The van der Waals surface area contributed by atoms with E-state index in [4.69, 9.17) is 4.74 Å². The molecule has 1 saturated heterocycles. The SMILES string of the molecule is CCC(=O)N1CCCN(C(=O)c2cc(F)ccc2OC)CC1. The average molecular weight is 308 g/mol. The van der Waals surface area contributed by atoms with Crippen molar-refractivity contribution in [3.05, 3.63) is 29.6 Å². The molecule has 1 heterocycles. The number of carbonyl (C=O) groups is 2. The highest BCUT2D eigenvalue weighted by Crippen LogP contribution is 2.22. The molecule has 1 aromatic rings. The molecule has 0 aromatic heterocycles. The fraction of sp³-hybridized carbons (Fsp3) is 0.500. The smallest absolute Gasteiger partial charge is 0.257 e. The lowest BCUT2D eigenvalue weighted by Crippen LogP contribution is -2.37. The third kappa shape index (κ3) is 3.55. The van der Waals surface area contributed by atoms with Crippen LogP contribution in [0.15, 0.2) is 18.2 Å². The maximum atomic E-state index is 13.4. The number of carbonyl (C=O) groups excluding carboxylic acids is 2. The normalized spacial score (nSPS) is 15.4. The van der Waals surface area contributed by atoms with E-state index in [1.165, 1.54) is 25.3 Å². The molecule has 1 aromatic carbocycles. The van der Waals surface area contributed by atoms with Crippen molar-refractivity contribution < 1.29 is 18.7 Å². The van der Waals surface area contributed by atoms with Gasteiger partial charge in [-0.25, -0.2) is 4.39 Å². The van der Waals surface area contributed by atoms with Crippen LogP contribution in [0.4, 0.5) is 4.39 Å². The molecule has 2 rings (SSSR count). The number of hydrogen-bond acceptors (Lipinski definition) is 3. The summed E-state index contributed by atoms with van der Waals surface area (Å²) < 4.78 is 18.6. The first-order valence-electron chi connectivity index (χ1n) is 7.47. The zero-order chi connectivity index (χ0) is 16.1. The molecule has 0 N–H and O–H groups in total. The highest BCUT2D eigenvalue weighted by molar-refractivity contribution is 5.97. The van der Waals surface area contributed by atoms with Gasteiger partial charge in [0, 0.05) is 32.6 Å². The molecule has 6 heteroatoms. The summed E-state index contributed by atoms with van der Waals surface area (Å²) in [6.07, 6.45) is 1.18. The Morgan fingerprint density at radius 2 is 1.86 bits per heavy atom. The fourth-order valence-corrected chi connectivity index (χ4v) is 2.61. The summed E-state index contributed by atoms with van der Waals surface area (Å²) in [5.41, 5.74) is 0.220. The minimum absolute atomic E-state index is 0.0950. The first kappa shape index (κ1) is 16.3. The van der Waals surface area contributed by atoms with Gasteiger partial charge in [0.25, 0.3) is 5.91 Å². The molecule has 120 valence electrons. The number of methoxy groups -OCH3 is 1. The Morgan fingerprint density at radius 1 is 1.18 bits per heavy atom. The van der Waals surface area contributed by atoms with E-state index in [0.717, 1.165) is 6.42 Å². The van der Waals surface area contributed by atoms with E-state index < -0.39 is 5.82 Å². The lowest BCUT2D eigenvalue weighted by molar-refractivity contribution is -0.130. The summed E-state index contributed by atoms with van der Waals surface area (Å²) in [6, 6.07) is 3.91. The summed E-state index contributed by atoms with van der Waals surface area (Å²) in [4.78, 5) is 27.8. The van der Waals surface area contributed by atoms with Crippen LogP contribution in [0.25, 0.3) is 0 Å². The largest absolute Gasteiger partial charge is 0.496 e. The summed E-state index contributed by atoms with van der Waals surface area (Å²) in [7, 11) is 1.45. The first-order valence-corrected chi connectivity index (χ1v) is 7.47. The fourth-order valence-electron chi connectivity index (χ4n) is 2.61. The molecule has 0 radical (unpaired) electrons. The van der Waals surface area contributed by atoms with Gasteiger partial charge < -0.3 is 14.5 Å². The van der Waals surface area contributed by atoms with Crippen molar-refractivity contribution in [2.75, 3.05) is 33.3 Å². The second-order valence-corrected chi connectivity index (χ2v) is 5.22. The van der Waals surface area contributed by atoms with Gasteiger partial charge in [0.1, 0.15) is 11.6 Å². The monoisotopic (exact) mass is 308 g/mol. The Balaban J connectivity index is 2.13. The predicted octanol–water partition coefficient (Wildman–Crippen LogP) is 1.92. The molecule has 5 nitrogen and oxygen atoms in total. The van der Waals surface area contributed by atoms with Crippen LogP contribution < -0.4 is 4.74 Å². The molecule has 0 bridgehead atoms. The van der Waals surface area contributed by atoms with Crippen LogP contribution in [0, 0.1) is 5.82 Å². The zero-order valence-corrected chi connectivity index (χ0v) is 13.0. The van der Waals surface area contributed by atoms with E-state index in [1.807, 2.05) is 6.92 Å². The van der Waals surface area contributed by atoms with E-state index in [-0.39, 0.29) is 17.4 Å². The number of halogens is 1. The molecule has 0 aliphatic carbocycles. The zero-order valence-electron chi connectivity index (χ0n) is 13.0. The molecular weight excluding hydrogens is 287 g/mol. The van der Waals surface area contributed by atoms with Crippen molar-refractivity contribution in [2.24, 2.45) is 0 Å². The van der Waals surface area contributed by atoms with Crippen molar-refractivity contribution >= 4 is 11.8 Å². The lowest BCUT2D eigenvalue weighted by atomic mass is 10.1.